The van der Waals surface area contributed by atoms with Gasteiger partial charge in [0, 0.05) is 26.7 Å². The van der Waals surface area contributed by atoms with Crippen LogP contribution in [0.15, 0.2) is 48.5 Å². The number of aldehydes is 1. The average Bonchev–Trinajstić information content (AvgIpc) is 3.29. The SMILES string of the molecule is C=O.COCCCC=O.Cc1ccc(-c2ccc(CCN3CCCC3)cc2)cc1. The van der Waals surface area contributed by atoms with E-state index in [-0.39, 0.29) is 0 Å². The average molecular weight is 398 g/mol. The van der Waals surface area contributed by atoms with Gasteiger partial charge in [0.1, 0.15) is 13.1 Å². The van der Waals surface area contributed by atoms with Crippen molar-refractivity contribution in [2.45, 2.75) is 39.0 Å². The molecule has 0 bridgehead atoms. The maximum atomic E-state index is 9.62. The molecule has 1 aliphatic rings. The zero-order chi connectivity index (χ0) is 21.3. The molecule has 1 aliphatic heterocycles. The van der Waals surface area contributed by atoms with Crippen LogP contribution in [0.2, 0.25) is 0 Å². The quantitative estimate of drug-likeness (QED) is 0.477. The highest BCUT2D eigenvalue weighted by Gasteiger charge is 2.10. The first-order chi connectivity index (χ1) is 14.2. The van der Waals surface area contributed by atoms with Crippen LogP contribution < -0.4 is 0 Å². The van der Waals surface area contributed by atoms with E-state index >= 15 is 0 Å². The van der Waals surface area contributed by atoms with E-state index in [1.807, 2.05) is 6.79 Å². The molecule has 0 saturated carbocycles. The molecule has 29 heavy (non-hydrogen) atoms. The van der Waals surface area contributed by atoms with Gasteiger partial charge in [-0.3, -0.25) is 0 Å². The summed E-state index contributed by atoms with van der Waals surface area (Å²) in [4.78, 5) is 20.2. The minimum absolute atomic E-state index is 0.619. The fourth-order valence-electron chi connectivity index (χ4n) is 3.21. The Morgan fingerprint density at radius 1 is 0.966 bits per heavy atom. The second-order valence-corrected chi connectivity index (χ2v) is 7.16. The molecule has 0 unspecified atom stereocenters. The van der Waals surface area contributed by atoms with Crippen molar-refractivity contribution in [2.75, 3.05) is 33.4 Å². The summed E-state index contributed by atoms with van der Waals surface area (Å²) in [6.07, 6.45) is 6.31. The predicted octanol–water partition coefficient (Wildman–Crippen LogP) is 4.73. The molecule has 0 aliphatic carbocycles. The normalized spacial score (nSPS) is 13.0. The summed E-state index contributed by atoms with van der Waals surface area (Å²) in [7, 11) is 1.63. The van der Waals surface area contributed by atoms with Crippen LogP contribution in [0.3, 0.4) is 0 Å². The van der Waals surface area contributed by atoms with Crippen molar-refractivity contribution >= 4 is 13.1 Å². The summed E-state index contributed by atoms with van der Waals surface area (Å²) in [5.74, 6) is 0. The lowest BCUT2D eigenvalue weighted by molar-refractivity contribution is -0.108. The molecular formula is C25H35NO3. The van der Waals surface area contributed by atoms with Gasteiger partial charge in [0.25, 0.3) is 0 Å². The maximum Gasteiger partial charge on any atom is 0.120 e. The number of carbonyl (C=O) groups excluding carboxylic acids is 2. The van der Waals surface area contributed by atoms with Crippen LogP contribution in [0.1, 0.15) is 36.8 Å². The van der Waals surface area contributed by atoms with Gasteiger partial charge in [-0.15, -0.1) is 0 Å². The number of hydrogen-bond donors (Lipinski definition) is 0. The van der Waals surface area contributed by atoms with Crippen molar-refractivity contribution in [3.05, 3.63) is 59.7 Å². The fourth-order valence-corrected chi connectivity index (χ4v) is 3.21. The van der Waals surface area contributed by atoms with Crippen molar-refractivity contribution in [3.8, 4) is 11.1 Å². The zero-order valence-corrected chi connectivity index (χ0v) is 17.9. The molecule has 158 valence electrons. The maximum absolute atomic E-state index is 9.62. The van der Waals surface area contributed by atoms with Crippen molar-refractivity contribution < 1.29 is 14.3 Å². The van der Waals surface area contributed by atoms with Crippen LogP contribution in [-0.4, -0.2) is 51.3 Å². The molecule has 0 atom stereocenters. The lowest BCUT2D eigenvalue weighted by Gasteiger charge is -2.14. The van der Waals surface area contributed by atoms with Gasteiger partial charge in [-0.2, -0.15) is 0 Å². The van der Waals surface area contributed by atoms with Crippen LogP contribution in [0.4, 0.5) is 0 Å². The van der Waals surface area contributed by atoms with Gasteiger partial charge >= 0.3 is 0 Å². The standard InChI is InChI=1S/C19H23N.C5H10O2.CH2O/c1-16-4-8-18(9-5-16)19-10-6-17(7-11-19)12-15-20-13-2-3-14-20;1-7-5-3-2-4-6;1-2/h4-11H,2-3,12-15H2,1H3;4H,2-3,5H2,1H3;1H2. The van der Waals surface area contributed by atoms with E-state index in [1.165, 1.54) is 61.2 Å². The molecule has 1 fully saturated rings. The number of unbranched alkanes of at least 4 members (excludes halogenated alkanes) is 1. The minimum Gasteiger partial charge on any atom is -0.385 e. The van der Waals surface area contributed by atoms with Gasteiger partial charge in [-0.25, -0.2) is 0 Å². The smallest absolute Gasteiger partial charge is 0.120 e. The number of ether oxygens (including phenoxy) is 1. The highest BCUT2D eigenvalue weighted by atomic mass is 16.5. The molecule has 2 aromatic rings. The summed E-state index contributed by atoms with van der Waals surface area (Å²) >= 11 is 0. The first-order valence-corrected chi connectivity index (χ1v) is 10.3. The molecule has 4 heteroatoms. The largest absolute Gasteiger partial charge is 0.385 e. The van der Waals surface area contributed by atoms with Gasteiger partial charge in [-0.05, 0) is 62.4 Å². The van der Waals surface area contributed by atoms with E-state index in [9.17, 15) is 4.79 Å². The van der Waals surface area contributed by atoms with E-state index in [4.69, 9.17) is 4.79 Å². The number of methoxy groups -OCH3 is 1. The molecule has 0 spiro atoms. The monoisotopic (exact) mass is 397 g/mol. The second-order valence-electron chi connectivity index (χ2n) is 7.16. The Kier molecular flexibility index (Phi) is 13.3. The molecule has 0 amide bonds. The number of hydrogen-bond acceptors (Lipinski definition) is 4. The van der Waals surface area contributed by atoms with E-state index in [0.717, 1.165) is 12.7 Å². The number of aryl methyl sites for hydroxylation is 1. The molecule has 0 radical (unpaired) electrons. The molecule has 0 aromatic heterocycles. The van der Waals surface area contributed by atoms with Crippen molar-refractivity contribution in [2.24, 2.45) is 0 Å². The third-order valence-electron chi connectivity index (χ3n) is 4.92. The minimum atomic E-state index is 0.619. The molecule has 1 saturated heterocycles. The van der Waals surface area contributed by atoms with Crippen LogP contribution in [-0.2, 0) is 20.7 Å². The summed E-state index contributed by atoms with van der Waals surface area (Å²) in [5, 5.41) is 0. The lowest BCUT2D eigenvalue weighted by atomic mass is 10.0. The molecular weight excluding hydrogens is 362 g/mol. The molecule has 4 nitrogen and oxygen atoms in total. The highest BCUT2D eigenvalue weighted by Crippen LogP contribution is 2.20. The Morgan fingerprint density at radius 2 is 1.52 bits per heavy atom. The number of carbonyl (C=O) groups is 2. The lowest BCUT2D eigenvalue weighted by Crippen LogP contribution is -2.21. The number of likely N-dealkylation sites (tertiary alicyclic amines) is 1. The van der Waals surface area contributed by atoms with E-state index < -0.39 is 0 Å². The van der Waals surface area contributed by atoms with E-state index in [1.54, 1.807) is 7.11 Å². The van der Waals surface area contributed by atoms with Crippen molar-refractivity contribution in [1.82, 2.24) is 4.90 Å². The fraction of sp³-hybridized carbons (Fsp3) is 0.440. The van der Waals surface area contributed by atoms with Crippen molar-refractivity contribution in [1.29, 1.82) is 0 Å². The number of nitrogens with zero attached hydrogens (tertiary/aromatic N) is 1. The summed E-state index contributed by atoms with van der Waals surface area (Å²) in [5.41, 5.74) is 5.39. The predicted molar refractivity (Wildman–Crippen MR) is 120 cm³/mol. The highest BCUT2D eigenvalue weighted by molar-refractivity contribution is 5.63. The van der Waals surface area contributed by atoms with Crippen LogP contribution in [0.5, 0.6) is 0 Å². The topological polar surface area (TPSA) is 46.6 Å². The molecule has 3 rings (SSSR count). The summed E-state index contributed by atoms with van der Waals surface area (Å²) < 4.78 is 4.69. The second kappa shape index (κ2) is 15.6. The third kappa shape index (κ3) is 10.2. The Balaban J connectivity index is 0.000000399. The zero-order valence-electron chi connectivity index (χ0n) is 17.9. The van der Waals surface area contributed by atoms with Crippen molar-refractivity contribution in [3.63, 3.8) is 0 Å². The Bertz CT molecular complexity index is 661. The molecule has 2 aromatic carbocycles. The van der Waals surface area contributed by atoms with Crippen LogP contribution in [0.25, 0.3) is 11.1 Å². The van der Waals surface area contributed by atoms with Gasteiger partial charge in [0.2, 0.25) is 0 Å². The Morgan fingerprint density at radius 3 is 2.03 bits per heavy atom. The number of benzene rings is 2. The first-order valence-electron chi connectivity index (χ1n) is 10.3. The van der Waals surface area contributed by atoms with Gasteiger partial charge in [0.05, 0.1) is 0 Å². The van der Waals surface area contributed by atoms with E-state index in [2.05, 4.69) is 65.1 Å². The third-order valence-corrected chi connectivity index (χ3v) is 4.92. The summed E-state index contributed by atoms with van der Waals surface area (Å²) in [6.45, 7) is 8.62. The Hall–Kier alpha value is -2.30. The Labute approximate surface area is 175 Å². The number of rotatable bonds is 8. The van der Waals surface area contributed by atoms with Gasteiger partial charge < -0.3 is 19.2 Å². The summed E-state index contributed by atoms with van der Waals surface area (Å²) in [6, 6.07) is 17.8. The van der Waals surface area contributed by atoms with Gasteiger partial charge in [0.15, 0.2) is 0 Å². The molecule has 0 N–H and O–H groups in total. The molecule has 1 heterocycles. The van der Waals surface area contributed by atoms with Gasteiger partial charge in [-0.1, -0.05) is 54.1 Å². The first kappa shape index (κ1) is 24.7. The van der Waals surface area contributed by atoms with Crippen LogP contribution in [0, 0.1) is 6.92 Å². The van der Waals surface area contributed by atoms with E-state index in [0.29, 0.717) is 13.0 Å². The van der Waals surface area contributed by atoms with Crippen LogP contribution >= 0.6 is 0 Å².